The molecular formula is C35H68O4. The van der Waals surface area contributed by atoms with Crippen molar-refractivity contribution in [1.29, 1.82) is 0 Å². The first-order valence-corrected chi connectivity index (χ1v) is 17.4. The van der Waals surface area contributed by atoms with Gasteiger partial charge in [-0.3, -0.25) is 9.59 Å². The molecule has 0 rings (SSSR count). The zero-order valence-corrected chi connectivity index (χ0v) is 26.7. The molecule has 232 valence electrons. The van der Waals surface area contributed by atoms with E-state index in [4.69, 9.17) is 9.47 Å². The summed E-state index contributed by atoms with van der Waals surface area (Å²) in [5, 5.41) is 0. The van der Waals surface area contributed by atoms with Crippen molar-refractivity contribution >= 4 is 11.9 Å². The normalized spacial score (nSPS) is 12.0. The maximum atomic E-state index is 12.0. The van der Waals surface area contributed by atoms with Gasteiger partial charge in [-0.25, -0.2) is 0 Å². The highest BCUT2D eigenvalue weighted by Crippen LogP contribution is 2.20. The van der Waals surface area contributed by atoms with E-state index in [2.05, 4.69) is 20.8 Å². The summed E-state index contributed by atoms with van der Waals surface area (Å²) >= 11 is 0. The van der Waals surface area contributed by atoms with Crippen LogP contribution in [0.15, 0.2) is 0 Å². The minimum atomic E-state index is -0.000731. The predicted octanol–water partition coefficient (Wildman–Crippen LogP) is 11.3. The van der Waals surface area contributed by atoms with Gasteiger partial charge in [0.25, 0.3) is 0 Å². The van der Waals surface area contributed by atoms with Gasteiger partial charge in [0, 0.05) is 12.8 Å². The Hall–Kier alpha value is -1.06. The van der Waals surface area contributed by atoms with Gasteiger partial charge in [-0.1, -0.05) is 156 Å². The topological polar surface area (TPSA) is 52.6 Å². The molecule has 0 fully saturated rings. The average Bonchev–Trinajstić information content (AvgIpc) is 2.94. The molecule has 0 aliphatic heterocycles. The van der Waals surface area contributed by atoms with Gasteiger partial charge in [0.1, 0.15) is 0 Å². The summed E-state index contributed by atoms with van der Waals surface area (Å²) < 4.78 is 10.7. The van der Waals surface area contributed by atoms with Crippen LogP contribution in [-0.4, -0.2) is 25.2 Å². The van der Waals surface area contributed by atoms with Crippen LogP contribution in [0.1, 0.15) is 194 Å². The molecular weight excluding hydrogens is 484 g/mol. The van der Waals surface area contributed by atoms with Crippen molar-refractivity contribution in [2.45, 2.75) is 194 Å². The smallest absolute Gasteiger partial charge is 0.305 e. The van der Waals surface area contributed by atoms with Crippen LogP contribution in [-0.2, 0) is 19.1 Å². The lowest BCUT2D eigenvalue weighted by Crippen LogP contribution is -2.09. The molecule has 0 amide bonds. The van der Waals surface area contributed by atoms with Crippen LogP contribution in [0.2, 0.25) is 0 Å². The number of hydrogen-bond donors (Lipinski definition) is 0. The molecule has 1 unspecified atom stereocenters. The second-order valence-corrected chi connectivity index (χ2v) is 11.9. The van der Waals surface area contributed by atoms with E-state index in [1.54, 1.807) is 0 Å². The molecule has 0 N–H and O–H groups in total. The monoisotopic (exact) mass is 553 g/mol. The first-order valence-electron chi connectivity index (χ1n) is 17.4. The van der Waals surface area contributed by atoms with Gasteiger partial charge in [-0.2, -0.15) is 0 Å². The summed E-state index contributed by atoms with van der Waals surface area (Å²) in [6, 6.07) is 0. The highest BCUT2D eigenvalue weighted by atomic mass is 16.5. The molecule has 0 aromatic carbocycles. The zero-order chi connectivity index (χ0) is 28.7. The fraction of sp³-hybridized carbons (Fsp3) is 0.943. The summed E-state index contributed by atoms with van der Waals surface area (Å²) in [5.41, 5.74) is 0. The van der Waals surface area contributed by atoms with Gasteiger partial charge < -0.3 is 9.47 Å². The summed E-state index contributed by atoms with van der Waals surface area (Å²) in [4.78, 5) is 23.7. The van der Waals surface area contributed by atoms with Crippen molar-refractivity contribution in [2.75, 3.05) is 13.2 Å². The minimum Gasteiger partial charge on any atom is -0.466 e. The van der Waals surface area contributed by atoms with Gasteiger partial charge in [-0.15, -0.1) is 0 Å². The summed E-state index contributed by atoms with van der Waals surface area (Å²) in [6.45, 7) is 7.91. The van der Waals surface area contributed by atoms with Crippen LogP contribution in [0.25, 0.3) is 0 Å². The Balaban J connectivity index is 3.39. The maximum absolute atomic E-state index is 12.0. The maximum Gasteiger partial charge on any atom is 0.305 e. The van der Waals surface area contributed by atoms with E-state index in [1.807, 2.05) is 0 Å². The number of hydrogen-bond acceptors (Lipinski definition) is 4. The molecule has 4 nitrogen and oxygen atoms in total. The van der Waals surface area contributed by atoms with Crippen LogP contribution < -0.4 is 0 Å². The van der Waals surface area contributed by atoms with Gasteiger partial charge in [-0.05, 0) is 31.6 Å². The number of ether oxygens (including phenoxy) is 2. The van der Waals surface area contributed by atoms with Crippen molar-refractivity contribution in [3.63, 3.8) is 0 Å². The Morgan fingerprint density at radius 3 is 1.28 bits per heavy atom. The van der Waals surface area contributed by atoms with E-state index >= 15 is 0 Å². The van der Waals surface area contributed by atoms with E-state index in [-0.39, 0.29) is 11.9 Å². The highest BCUT2D eigenvalue weighted by Gasteiger charge is 2.10. The lowest BCUT2D eigenvalue weighted by Gasteiger charge is -2.14. The number of unbranched alkanes of at least 4 members (excludes halogenated alkanes) is 19. The fourth-order valence-corrected chi connectivity index (χ4v) is 5.27. The van der Waals surface area contributed by atoms with E-state index in [0.29, 0.717) is 32.0 Å². The van der Waals surface area contributed by atoms with Crippen molar-refractivity contribution < 1.29 is 19.1 Å². The standard InChI is InChI=1S/C35H68O4/c1-4-7-9-21-25-31-38-34(36)28-24-20-18-16-14-12-11-13-15-17-19-23-27-33(6-3)29-30-35(37)39-32-26-22-10-8-5-2/h33H,4-32H2,1-3H3. The first-order chi connectivity index (χ1) is 19.1. The number of carbonyl (C=O) groups excluding carboxylic acids is 2. The third kappa shape index (κ3) is 29.7. The molecule has 39 heavy (non-hydrogen) atoms. The van der Waals surface area contributed by atoms with Crippen molar-refractivity contribution in [3.8, 4) is 0 Å². The van der Waals surface area contributed by atoms with Gasteiger partial charge in [0.05, 0.1) is 13.2 Å². The average molecular weight is 553 g/mol. The predicted molar refractivity (Wildman–Crippen MR) is 167 cm³/mol. The van der Waals surface area contributed by atoms with E-state index < -0.39 is 0 Å². The minimum absolute atomic E-state index is 0.000731. The van der Waals surface area contributed by atoms with Crippen molar-refractivity contribution in [2.24, 2.45) is 5.92 Å². The van der Waals surface area contributed by atoms with Crippen LogP contribution >= 0.6 is 0 Å². The molecule has 1 atom stereocenters. The second kappa shape index (κ2) is 31.5. The molecule has 4 heteroatoms. The van der Waals surface area contributed by atoms with E-state index in [1.165, 1.54) is 128 Å². The summed E-state index contributed by atoms with van der Waals surface area (Å²) in [7, 11) is 0. The molecule has 0 radical (unpaired) electrons. The Kier molecular flexibility index (Phi) is 30.6. The van der Waals surface area contributed by atoms with Crippen LogP contribution in [0, 0.1) is 5.92 Å². The van der Waals surface area contributed by atoms with Crippen LogP contribution in [0.3, 0.4) is 0 Å². The van der Waals surface area contributed by atoms with Crippen molar-refractivity contribution in [1.82, 2.24) is 0 Å². The van der Waals surface area contributed by atoms with Crippen LogP contribution in [0.5, 0.6) is 0 Å². The quantitative estimate of drug-likeness (QED) is 0.0634. The Labute approximate surface area is 244 Å². The Morgan fingerprint density at radius 2 is 0.821 bits per heavy atom. The van der Waals surface area contributed by atoms with E-state index in [0.717, 1.165) is 32.1 Å². The van der Waals surface area contributed by atoms with Crippen molar-refractivity contribution in [3.05, 3.63) is 0 Å². The number of esters is 2. The highest BCUT2D eigenvalue weighted by molar-refractivity contribution is 5.69. The Bertz CT molecular complexity index is 519. The van der Waals surface area contributed by atoms with Gasteiger partial charge in [0.15, 0.2) is 0 Å². The van der Waals surface area contributed by atoms with Gasteiger partial charge in [0.2, 0.25) is 0 Å². The first kappa shape index (κ1) is 37.9. The molecule has 0 bridgehead atoms. The lowest BCUT2D eigenvalue weighted by atomic mass is 9.93. The molecule has 0 saturated heterocycles. The largest absolute Gasteiger partial charge is 0.466 e. The SMILES string of the molecule is CCCCCCCOC(=O)CCCCCCCCCCCCCCC(CC)CCC(=O)OCCCCCCC. The number of carbonyl (C=O) groups is 2. The molecule has 0 aliphatic rings. The summed E-state index contributed by atoms with van der Waals surface area (Å²) in [6.07, 6.45) is 32.1. The van der Waals surface area contributed by atoms with Crippen LogP contribution in [0.4, 0.5) is 0 Å². The molecule has 0 aliphatic carbocycles. The second-order valence-electron chi connectivity index (χ2n) is 11.9. The molecule has 0 aromatic heterocycles. The molecule has 0 saturated carbocycles. The fourth-order valence-electron chi connectivity index (χ4n) is 5.27. The zero-order valence-electron chi connectivity index (χ0n) is 26.7. The molecule has 0 spiro atoms. The third-order valence-corrected chi connectivity index (χ3v) is 8.10. The lowest BCUT2D eigenvalue weighted by molar-refractivity contribution is -0.145. The molecule has 0 aromatic rings. The summed E-state index contributed by atoms with van der Waals surface area (Å²) in [5.74, 6) is 0.680. The number of rotatable bonds is 31. The molecule has 0 heterocycles. The third-order valence-electron chi connectivity index (χ3n) is 8.10. The Morgan fingerprint density at radius 1 is 0.436 bits per heavy atom. The van der Waals surface area contributed by atoms with E-state index in [9.17, 15) is 9.59 Å². The van der Waals surface area contributed by atoms with Gasteiger partial charge >= 0.3 is 11.9 Å².